The van der Waals surface area contributed by atoms with Crippen LogP contribution in [0.1, 0.15) is 5.82 Å². The van der Waals surface area contributed by atoms with Gasteiger partial charge in [-0.05, 0) is 46.8 Å². The lowest BCUT2D eigenvalue weighted by Crippen LogP contribution is -2.24. The second-order valence-corrected chi connectivity index (χ2v) is 6.72. The summed E-state index contributed by atoms with van der Waals surface area (Å²) in [6.07, 6.45) is 0. The molecular weight excluding hydrogens is 378 g/mol. The van der Waals surface area contributed by atoms with Crippen molar-refractivity contribution in [1.82, 2.24) is 29.8 Å². The van der Waals surface area contributed by atoms with Crippen LogP contribution in [0, 0.1) is 11.3 Å². The maximum atomic E-state index is 12.7. The average Bonchev–Trinajstić information content (AvgIpc) is 3.18. The number of para-hydroxylation sites is 1. The summed E-state index contributed by atoms with van der Waals surface area (Å²) in [4.78, 5) is 17.3. The van der Waals surface area contributed by atoms with Gasteiger partial charge in [0.1, 0.15) is 18.1 Å². The highest BCUT2D eigenvalue weighted by atomic mass is 32.2. The minimum absolute atomic E-state index is 0.0878. The molecule has 138 valence electrons. The molecule has 10 heteroatoms. The molecule has 0 aliphatic rings. The Morgan fingerprint density at radius 3 is 2.71 bits per heavy atom. The van der Waals surface area contributed by atoms with E-state index in [0.717, 1.165) is 0 Å². The number of nitriles is 1. The van der Waals surface area contributed by atoms with Crippen molar-refractivity contribution < 1.29 is 5.11 Å². The van der Waals surface area contributed by atoms with Crippen molar-refractivity contribution in [3.63, 3.8) is 0 Å². The predicted molar refractivity (Wildman–Crippen MR) is 102 cm³/mol. The Bertz CT molecular complexity index is 1240. The van der Waals surface area contributed by atoms with Gasteiger partial charge in [0.25, 0.3) is 5.56 Å². The van der Waals surface area contributed by atoms with Crippen molar-refractivity contribution in [2.24, 2.45) is 0 Å². The van der Waals surface area contributed by atoms with E-state index in [0.29, 0.717) is 33.3 Å². The molecule has 0 aliphatic carbocycles. The molecule has 0 amide bonds. The van der Waals surface area contributed by atoms with E-state index < -0.39 is 0 Å². The molecule has 0 saturated heterocycles. The highest BCUT2D eigenvalue weighted by Crippen LogP contribution is 2.23. The van der Waals surface area contributed by atoms with Gasteiger partial charge < -0.3 is 5.11 Å². The minimum Gasteiger partial charge on any atom is -0.508 e. The topological polar surface area (TPSA) is 123 Å². The zero-order valence-corrected chi connectivity index (χ0v) is 15.2. The third-order valence-corrected chi connectivity index (χ3v) is 4.95. The molecule has 0 unspecified atom stereocenters. The van der Waals surface area contributed by atoms with Gasteiger partial charge in [0.2, 0.25) is 5.16 Å². The Hall–Kier alpha value is -3.71. The van der Waals surface area contributed by atoms with Gasteiger partial charge >= 0.3 is 0 Å². The fourth-order valence-corrected chi connectivity index (χ4v) is 3.55. The Labute approximate surface area is 162 Å². The number of rotatable bonds is 5. The van der Waals surface area contributed by atoms with E-state index in [1.54, 1.807) is 42.5 Å². The molecule has 4 aromatic rings. The number of nitrogens with zero attached hydrogens (tertiary/aromatic N) is 7. The smallest absolute Gasteiger partial charge is 0.262 e. The van der Waals surface area contributed by atoms with Gasteiger partial charge in [-0.2, -0.15) is 9.94 Å². The lowest BCUT2D eigenvalue weighted by Gasteiger charge is -2.10. The molecule has 2 heterocycles. The molecule has 0 fully saturated rings. The molecule has 0 saturated carbocycles. The number of fused-ring (bicyclic) bond motifs is 1. The highest BCUT2D eigenvalue weighted by molar-refractivity contribution is 7.98. The Morgan fingerprint density at radius 1 is 1.14 bits per heavy atom. The summed E-state index contributed by atoms with van der Waals surface area (Å²) >= 11 is 1.30. The van der Waals surface area contributed by atoms with Crippen molar-refractivity contribution in [3.05, 3.63) is 64.7 Å². The van der Waals surface area contributed by atoms with Crippen LogP contribution in [0.3, 0.4) is 0 Å². The SMILES string of the molecule is N#CCn1c(CSc2nnnn2-c2ccc(O)cc2)nc2ccccc2c1=O. The Morgan fingerprint density at radius 2 is 1.93 bits per heavy atom. The number of benzene rings is 2. The number of aromatic nitrogens is 6. The van der Waals surface area contributed by atoms with Crippen molar-refractivity contribution in [3.8, 4) is 17.5 Å². The number of tetrazole rings is 1. The summed E-state index contributed by atoms with van der Waals surface area (Å²) in [5.74, 6) is 0.919. The third-order valence-electron chi connectivity index (χ3n) is 4.04. The average molecular weight is 391 g/mol. The lowest BCUT2D eigenvalue weighted by atomic mass is 10.2. The van der Waals surface area contributed by atoms with Gasteiger partial charge in [0, 0.05) is 0 Å². The largest absolute Gasteiger partial charge is 0.508 e. The van der Waals surface area contributed by atoms with Crippen LogP contribution in [0.2, 0.25) is 0 Å². The summed E-state index contributed by atoms with van der Waals surface area (Å²) in [6.45, 7) is -0.0878. The number of aromatic hydroxyl groups is 1. The third kappa shape index (κ3) is 3.30. The van der Waals surface area contributed by atoms with Crippen molar-refractivity contribution in [2.45, 2.75) is 17.5 Å². The van der Waals surface area contributed by atoms with E-state index in [1.165, 1.54) is 21.0 Å². The van der Waals surface area contributed by atoms with Crippen LogP contribution >= 0.6 is 11.8 Å². The van der Waals surface area contributed by atoms with Gasteiger partial charge in [-0.25, -0.2) is 4.98 Å². The van der Waals surface area contributed by atoms with E-state index >= 15 is 0 Å². The lowest BCUT2D eigenvalue weighted by molar-refractivity contribution is 0.475. The van der Waals surface area contributed by atoms with E-state index in [9.17, 15) is 9.90 Å². The first-order chi connectivity index (χ1) is 13.7. The predicted octanol–water partition coefficient (Wildman–Crippen LogP) is 1.89. The second-order valence-electron chi connectivity index (χ2n) is 5.77. The van der Waals surface area contributed by atoms with Crippen molar-refractivity contribution in [1.29, 1.82) is 5.26 Å². The standard InChI is InChI=1S/C18H13N7O2S/c19-9-10-24-16(20-15-4-2-1-3-14(15)17(24)27)11-28-18-21-22-23-25(18)12-5-7-13(26)8-6-12/h1-8,26H,10-11H2. The van der Waals surface area contributed by atoms with E-state index in [-0.39, 0.29) is 17.9 Å². The van der Waals surface area contributed by atoms with Gasteiger partial charge in [-0.15, -0.1) is 5.10 Å². The Kier molecular flexibility index (Phi) is 4.74. The monoisotopic (exact) mass is 391 g/mol. The molecule has 0 radical (unpaired) electrons. The van der Waals surface area contributed by atoms with Crippen LogP contribution in [-0.4, -0.2) is 34.9 Å². The van der Waals surface area contributed by atoms with E-state index in [1.807, 2.05) is 12.1 Å². The molecule has 9 nitrogen and oxygen atoms in total. The molecular formula is C18H13N7O2S. The van der Waals surface area contributed by atoms with Crippen LogP contribution in [0.5, 0.6) is 5.75 Å². The molecule has 1 N–H and O–H groups in total. The molecule has 0 atom stereocenters. The zero-order valence-electron chi connectivity index (χ0n) is 14.4. The molecule has 0 spiro atoms. The molecule has 2 aromatic carbocycles. The van der Waals surface area contributed by atoms with Crippen LogP contribution in [0.4, 0.5) is 0 Å². The molecule has 0 aliphatic heterocycles. The fourth-order valence-electron chi connectivity index (χ4n) is 2.71. The van der Waals surface area contributed by atoms with Crippen molar-refractivity contribution in [2.75, 3.05) is 0 Å². The first kappa shape index (κ1) is 17.7. The van der Waals surface area contributed by atoms with E-state index in [2.05, 4.69) is 20.5 Å². The summed E-state index contributed by atoms with van der Waals surface area (Å²) < 4.78 is 2.89. The number of phenolic OH excluding ortho intramolecular Hbond substituents is 1. The molecule has 4 rings (SSSR count). The first-order valence-electron chi connectivity index (χ1n) is 8.23. The summed E-state index contributed by atoms with van der Waals surface area (Å²) in [7, 11) is 0. The molecule has 0 bridgehead atoms. The number of phenols is 1. The normalized spacial score (nSPS) is 10.8. The summed E-state index contributed by atoms with van der Waals surface area (Å²) in [5, 5.41) is 31.2. The van der Waals surface area contributed by atoms with Crippen LogP contribution < -0.4 is 5.56 Å². The summed E-state index contributed by atoms with van der Waals surface area (Å²) in [5.41, 5.74) is 1.02. The number of thioether (sulfide) groups is 1. The van der Waals surface area contributed by atoms with E-state index in [4.69, 9.17) is 5.26 Å². The molecule has 2 aromatic heterocycles. The Balaban J connectivity index is 1.68. The quantitative estimate of drug-likeness (QED) is 0.512. The van der Waals surface area contributed by atoms with Gasteiger partial charge in [-0.3, -0.25) is 9.36 Å². The zero-order chi connectivity index (χ0) is 19.5. The maximum Gasteiger partial charge on any atom is 0.262 e. The summed E-state index contributed by atoms with van der Waals surface area (Å²) in [6, 6.07) is 15.5. The second kappa shape index (κ2) is 7.50. The van der Waals surface area contributed by atoms with Gasteiger partial charge in [-0.1, -0.05) is 23.9 Å². The fraction of sp³-hybridized carbons (Fsp3) is 0.111. The molecule has 28 heavy (non-hydrogen) atoms. The van der Waals surface area contributed by atoms with Crippen LogP contribution in [0.15, 0.2) is 58.5 Å². The van der Waals surface area contributed by atoms with Gasteiger partial charge in [0.05, 0.1) is 28.4 Å². The number of hydrogen-bond donors (Lipinski definition) is 1. The minimum atomic E-state index is -0.249. The van der Waals surface area contributed by atoms with Gasteiger partial charge in [0.15, 0.2) is 0 Å². The number of hydrogen-bond acceptors (Lipinski definition) is 8. The van der Waals surface area contributed by atoms with Crippen molar-refractivity contribution >= 4 is 22.7 Å². The highest BCUT2D eigenvalue weighted by Gasteiger charge is 2.14. The first-order valence-corrected chi connectivity index (χ1v) is 9.22. The van der Waals surface area contributed by atoms with Crippen LogP contribution in [0.25, 0.3) is 16.6 Å². The maximum absolute atomic E-state index is 12.7. The van der Waals surface area contributed by atoms with Crippen LogP contribution in [-0.2, 0) is 12.3 Å².